The van der Waals surface area contributed by atoms with E-state index in [1.54, 1.807) is 22.7 Å². The van der Waals surface area contributed by atoms with E-state index in [4.69, 9.17) is 11.6 Å². The van der Waals surface area contributed by atoms with E-state index in [0.717, 1.165) is 6.42 Å². The van der Waals surface area contributed by atoms with Crippen molar-refractivity contribution >= 4 is 23.2 Å². The molecule has 2 aromatic rings. The van der Waals surface area contributed by atoms with Crippen molar-refractivity contribution in [1.82, 2.24) is 14.7 Å². The van der Waals surface area contributed by atoms with Gasteiger partial charge in [0.1, 0.15) is 11.3 Å². The van der Waals surface area contributed by atoms with E-state index in [1.165, 1.54) is 0 Å². The largest absolute Gasteiger partial charge is 0.346 e. The zero-order chi connectivity index (χ0) is 16.7. The predicted molar refractivity (Wildman–Crippen MR) is 90.6 cm³/mol. The molecule has 120 valence electrons. The molecule has 2 aromatic heterocycles. The summed E-state index contributed by atoms with van der Waals surface area (Å²) in [6, 6.07) is 3.51. The highest BCUT2D eigenvalue weighted by atomic mass is 35.5. The van der Waals surface area contributed by atoms with Crippen LogP contribution >= 0.6 is 11.6 Å². The molecule has 0 aromatic carbocycles. The number of aromatic nitrogens is 2. The van der Waals surface area contributed by atoms with Crippen LogP contribution in [0.2, 0.25) is 5.02 Å². The van der Waals surface area contributed by atoms with Crippen LogP contribution in [0, 0.1) is 12.3 Å². The molecule has 0 radical (unpaired) electrons. The second kappa shape index (κ2) is 5.58. The van der Waals surface area contributed by atoms with Crippen molar-refractivity contribution in [2.24, 2.45) is 5.41 Å². The molecule has 0 aliphatic carbocycles. The zero-order valence-corrected chi connectivity index (χ0v) is 14.9. The summed E-state index contributed by atoms with van der Waals surface area (Å²) in [5, 5.41) is 3.74. The summed E-state index contributed by atoms with van der Waals surface area (Å²) in [5.41, 5.74) is 1.79. The lowest BCUT2D eigenvalue weighted by atomic mass is 9.82. The van der Waals surface area contributed by atoms with E-state index < -0.39 is 0 Å². The van der Waals surface area contributed by atoms with Crippen molar-refractivity contribution in [3.63, 3.8) is 0 Å². The number of hydrogen-bond donors (Lipinski definition) is 1. The Morgan fingerprint density at radius 2 is 1.95 bits per heavy atom. The summed E-state index contributed by atoms with van der Waals surface area (Å²) in [4.78, 5) is 17.1. The molecule has 1 amide bonds. The van der Waals surface area contributed by atoms with Crippen LogP contribution in [0.4, 0.5) is 0 Å². The first-order valence-corrected chi connectivity index (χ1v) is 7.83. The number of rotatable bonds is 3. The highest BCUT2D eigenvalue weighted by Crippen LogP contribution is 2.27. The standard InChI is InChI=1S/C17H24ClN3O/c1-11-14(21-8-7-12(18)9-13(21)19-11)15(22)20-17(5,6)10-16(2,3)4/h7-9H,10H2,1-6H3,(H,20,22). The lowest BCUT2D eigenvalue weighted by Gasteiger charge is -2.33. The molecule has 2 rings (SSSR count). The van der Waals surface area contributed by atoms with E-state index in [2.05, 4.69) is 31.1 Å². The van der Waals surface area contributed by atoms with Gasteiger partial charge in [0.2, 0.25) is 0 Å². The fourth-order valence-electron chi connectivity index (χ4n) is 3.15. The summed E-state index contributed by atoms with van der Waals surface area (Å²) in [7, 11) is 0. The molecule has 5 heteroatoms. The minimum atomic E-state index is -0.293. The minimum absolute atomic E-state index is 0.110. The molecule has 0 bridgehead atoms. The molecule has 4 nitrogen and oxygen atoms in total. The Balaban J connectivity index is 2.32. The quantitative estimate of drug-likeness (QED) is 0.919. The molecular weight excluding hydrogens is 298 g/mol. The van der Waals surface area contributed by atoms with E-state index in [9.17, 15) is 4.79 Å². The summed E-state index contributed by atoms with van der Waals surface area (Å²) >= 11 is 5.99. The van der Waals surface area contributed by atoms with Gasteiger partial charge in [0.05, 0.1) is 5.69 Å². The van der Waals surface area contributed by atoms with Crippen molar-refractivity contribution in [1.29, 1.82) is 0 Å². The van der Waals surface area contributed by atoms with Gasteiger partial charge < -0.3 is 5.32 Å². The maximum atomic E-state index is 12.7. The van der Waals surface area contributed by atoms with Crippen LogP contribution in [0.5, 0.6) is 0 Å². The molecular formula is C17H24ClN3O. The van der Waals surface area contributed by atoms with Crippen molar-refractivity contribution in [2.75, 3.05) is 0 Å². The maximum Gasteiger partial charge on any atom is 0.270 e. The van der Waals surface area contributed by atoms with E-state index in [-0.39, 0.29) is 16.9 Å². The van der Waals surface area contributed by atoms with Crippen LogP contribution in [0.1, 0.15) is 57.2 Å². The van der Waals surface area contributed by atoms with Crippen LogP contribution in [0.25, 0.3) is 5.65 Å². The van der Waals surface area contributed by atoms with Crippen LogP contribution < -0.4 is 5.32 Å². The lowest BCUT2D eigenvalue weighted by molar-refractivity contribution is 0.0884. The number of pyridine rings is 1. The normalized spacial score (nSPS) is 12.7. The molecule has 2 heterocycles. The SMILES string of the molecule is Cc1nc2cc(Cl)ccn2c1C(=O)NC(C)(C)CC(C)(C)C. The summed E-state index contributed by atoms with van der Waals surface area (Å²) in [5.74, 6) is -0.110. The minimum Gasteiger partial charge on any atom is -0.346 e. The molecule has 0 spiro atoms. The van der Waals surface area contributed by atoms with Crippen molar-refractivity contribution < 1.29 is 4.79 Å². The predicted octanol–water partition coefficient (Wildman–Crippen LogP) is 4.24. The highest BCUT2D eigenvalue weighted by molar-refractivity contribution is 6.30. The average molecular weight is 322 g/mol. The topological polar surface area (TPSA) is 46.4 Å². The lowest BCUT2D eigenvalue weighted by Crippen LogP contribution is -2.46. The number of carbonyl (C=O) groups excluding carboxylic acids is 1. The van der Waals surface area contributed by atoms with Crippen molar-refractivity contribution in [2.45, 2.75) is 53.5 Å². The molecule has 0 saturated carbocycles. The van der Waals surface area contributed by atoms with Gasteiger partial charge in [-0.15, -0.1) is 0 Å². The Morgan fingerprint density at radius 3 is 2.55 bits per heavy atom. The number of nitrogens with one attached hydrogen (secondary N) is 1. The molecule has 1 N–H and O–H groups in total. The van der Waals surface area contributed by atoms with Crippen LogP contribution in [0.3, 0.4) is 0 Å². The van der Waals surface area contributed by atoms with Crippen molar-refractivity contribution in [3.05, 3.63) is 34.7 Å². The third-order valence-electron chi connectivity index (χ3n) is 3.40. The van der Waals surface area contributed by atoms with Gasteiger partial charge in [-0.05, 0) is 38.7 Å². The fraction of sp³-hybridized carbons (Fsp3) is 0.529. The van der Waals surface area contributed by atoms with Gasteiger partial charge in [-0.1, -0.05) is 32.4 Å². The van der Waals surface area contributed by atoms with E-state index in [1.807, 2.05) is 20.8 Å². The molecule has 0 saturated heterocycles. The number of aryl methyl sites for hydroxylation is 1. The van der Waals surface area contributed by atoms with Crippen LogP contribution in [0.15, 0.2) is 18.3 Å². The third kappa shape index (κ3) is 3.80. The van der Waals surface area contributed by atoms with Crippen molar-refractivity contribution in [3.8, 4) is 0 Å². The molecule has 0 fully saturated rings. The van der Waals surface area contributed by atoms with Gasteiger partial charge in [-0.2, -0.15) is 0 Å². The summed E-state index contributed by atoms with van der Waals surface area (Å²) in [6.07, 6.45) is 2.66. The van der Waals surface area contributed by atoms with Gasteiger partial charge in [0, 0.05) is 22.8 Å². The molecule has 22 heavy (non-hydrogen) atoms. The highest BCUT2D eigenvalue weighted by Gasteiger charge is 2.29. The van der Waals surface area contributed by atoms with E-state index >= 15 is 0 Å². The Kier molecular flexibility index (Phi) is 4.26. The van der Waals surface area contributed by atoms with Gasteiger partial charge in [-0.3, -0.25) is 9.20 Å². The number of hydrogen-bond acceptors (Lipinski definition) is 2. The Morgan fingerprint density at radius 1 is 1.32 bits per heavy atom. The number of fused-ring (bicyclic) bond motifs is 1. The summed E-state index contributed by atoms with van der Waals surface area (Å²) < 4.78 is 1.78. The number of carbonyl (C=O) groups is 1. The molecule has 0 unspecified atom stereocenters. The second-order valence-corrected chi connectivity index (χ2v) is 8.13. The first-order chi connectivity index (χ1) is 9.98. The van der Waals surface area contributed by atoms with E-state index in [0.29, 0.717) is 22.1 Å². The average Bonchev–Trinajstić information content (AvgIpc) is 2.59. The van der Waals surface area contributed by atoms with Crippen LogP contribution in [-0.4, -0.2) is 20.8 Å². The summed E-state index contributed by atoms with van der Waals surface area (Å²) in [6.45, 7) is 12.4. The Labute approximate surface area is 136 Å². The number of nitrogens with zero attached hydrogens (tertiary/aromatic N) is 2. The zero-order valence-electron chi connectivity index (χ0n) is 14.1. The smallest absolute Gasteiger partial charge is 0.270 e. The van der Waals surface area contributed by atoms with Gasteiger partial charge >= 0.3 is 0 Å². The fourth-order valence-corrected chi connectivity index (χ4v) is 3.30. The van der Waals surface area contributed by atoms with Gasteiger partial charge in [0.15, 0.2) is 0 Å². The molecule has 0 aliphatic rings. The maximum absolute atomic E-state index is 12.7. The van der Waals surface area contributed by atoms with Gasteiger partial charge in [0.25, 0.3) is 5.91 Å². The number of imidazole rings is 1. The van der Waals surface area contributed by atoms with Crippen LogP contribution in [-0.2, 0) is 0 Å². The number of halogens is 1. The molecule has 0 aliphatic heterocycles. The second-order valence-electron chi connectivity index (χ2n) is 7.69. The Bertz CT molecular complexity index is 710. The number of amides is 1. The molecule has 0 atom stereocenters. The Hall–Kier alpha value is -1.55. The third-order valence-corrected chi connectivity index (χ3v) is 3.64. The first-order valence-electron chi connectivity index (χ1n) is 7.45. The first kappa shape index (κ1) is 16.8. The monoisotopic (exact) mass is 321 g/mol. The van der Waals surface area contributed by atoms with Gasteiger partial charge in [-0.25, -0.2) is 4.98 Å².